The first-order chi connectivity index (χ1) is 7.31. The van der Waals surface area contributed by atoms with Gasteiger partial charge in [-0.05, 0) is 0 Å². The zero-order valence-corrected chi connectivity index (χ0v) is 7.19. The van der Waals surface area contributed by atoms with Gasteiger partial charge in [0.25, 0.3) is 0 Å². The SMILES string of the molecule is FC(F)=C(F)C(F)(F)C(F)(F)C1(F)OC1(F)F. The molecule has 0 amide bonds. The maximum Gasteiger partial charge on any atom is 0.424 e. The van der Waals surface area contributed by atoms with E-state index in [9.17, 15) is 43.9 Å². The highest BCUT2D eigenvalue weighted by atomic mass is 19.3. The lowest BCUT2D eigenvalue weighted by Crippen LogP contribution is -2.52. The van der Waals surface area contributed by atoms with Crippen LogP contribution in [0.1, 0.15) is 0 Å². The average Bonchev–Trinajstić information content (AvgIpc) is 2.66. The summed E-state index contributed by atoms with van der Waals surface area (Å²) in [7, 11) is 0. The predicted octanol–water partition coefficient (Wildman–Crippen LogP) is 3.62. The molecule has 1 saturated heterocycles. The Morgan fingerprint density at radius 2 is 1.24 bits per heavy atom. The summed E-state index contributed by atoms with van der Waals surface area (Å²) in [5, 5.41) is 0. The smallest absolute Gasteiger partial charge is 0.265 e. The van der Waals surface area contributed by atoms with Gasteiger partial charge in [0.2, 0.25) is 5.83 Å². The van der Waals surface area contributed by atoms with Gasteiger partial charge in [-0.15, -0.1) is 0 Å². The third kappa shape index (κ3) is 1.58. The van der Waals surface area contributed by atoms with Crippen LogP contribution >= 0.6 is 0 Å². The molecule has 1 unspecified atom stereocenters. The number of rotatable bonds is 3. The van der Waals surface area contributed by atoms with Gasteiger partial charge in [0, 0.05) is 0 Å². The molecule has 1 rings (SSSR count). The van der Waals surface area contributed by atoms with Crippen LogP contribution in [0.15, 0.2) is 11.9 Å². The first-order valence-corrected chi connectivity index (χ1v) is 3.55. The fourth-order valence-electron chi connectivity index (χ4n) is 0.856. The van der Waals surface area contributed by atoms with E-state index in [2.05, 4.69) is 4.74 Å². The Bertz CT molecular complexity index is 369. The molecule has 1 nitrogen and oxygen atoms in total. The van der Waals surface area contributed by atoms with Crippen LogP contribution in [0.25, 0.3) is 0 Å². The Hall–Kier alpha value is -1.00. The van der Waals surface area contributed by atoms with Crippen LogP contribution in [0.2, 0.25) is 0 Å². The number of alkyl halides is 7. The van der Waals surface area contributed by atoms with Crippen LogP contribution in [0, 0.1) is 0 Å². The van der Waals surface area contributed by atoms with Crippen molar-refractivity contribution in [2.75, 3.05) is 0 Å². The van der Waals surface area contributed by atoms with Gasteiger partial charge < -0.3 is 0 Å². The summed E-state index contributed by atoms with van der Waals surface area (Å²) >= 11 is 0. The minimum atomic E-state index is -6.50. The molecule has 1 fully saturated rings. The topological polar surface area (TPSA) is 12.5 Å². The molecule has 17 heavy (non-hydrogen) atoms. The molecule has 0 aromatic carbocycles. The molecule has 0 N–H and O–H groups in total. The van der Waals surface area contributed by atoms with E-state index in [1.54, 1.807) is 0 Å². The molecule has 0 aliphatic carbocycles. The minimum Gasteiger partial charge on any atom is -0.265 e. The van der Waals surface area contributed by atoms with Gasteiger partial charge in [-0.25, -0.2) is 0 Å². The van der Waals surface area contributed by atoms with Crippen LogP contribution in [0.5, 0.6) is 0 Å². The van der Waals surface area contributed by atoms with Gasteiger partial charge in [0.15, 0.2) is 0 Å². The molecule has 1 atom stereocenters. The van der Waals surface area contributed by atoms with Crippen molar-refractivity contribution in [1.82, 2.24) is 0 Å². The van der Waals surface area contributed by atoms with E-state index in [1.165, 1.54) is 0 Å². The van der Waals surface area contributed by atoms with Crippen molar-refractivity contribution in [1.29, 1.82) is 0 Å². The molecule has 0 spiro atoms. The Morgan fingerprint density at radius 3 is 1.47 bits per heavy atom. The number of halogens is 10. The highest BCUT2D eigenvalue weighted by Gasteiger charge is 2.94. The number of hydrogen-bond donors (Lipinski definition) is 0. The molecule has 0 radical (unpaired) electrons. The molecular formula is C6F10O. The van der Waals surface area contributed by atoms with Crippen molar-refractivity contribution in [2.45, 2.75) is 23.8 Å². The van der Waals surface area contributed by atoms with Crippen LogP contribution in [0.3, 0.4) is 0 Å². The first kappa shape index (κ1) is 14.1. The van der Waals surface area contributed by atoms with E-state index in [-0.39, 0.29) is 0 Å². The maximum atomic E-state index is 12.5. The molecule has 1 aliphatic rings. The molecule has 100 valence electrons. The van der Waals surface area contributed by atoms with Crippen molar-refractivity contribution < 1.29 is 48.6 Å². The molecule has 11 heteroatoms. The Kier molecular flexibility index (Phi) is 2.70. The summed E-state index contributed by atoms with van der Waals surface area (Å²) in [5.74, 6) is -22.5. The summed E-state index contributed by atoms with van der Waals surface area (Å²) < 4.78 is 124. The van der Waals surface area contributed by atoms with Crippen LogP contribution < -0.4 is 0 Å². The molecule has 0 bridgehead atoms. The van der Waals surface area contributed by atoms with Crippen LogP contribution in [-0.4, -0.2) is 23.8 Å². The number of ether oxygens (including phenoxy) is 1. The number of allylic oxidation sites excluding steroid dienone is 1. The second-order valence-electron chi connectivity index (χ2n) is 2.94. The standard InChI is InChI=1S/C6F10O/c7-1(2(8)9)3(10,11)4(12,13)5(14)6(15,16)17-5. The lowest BCUT2D eigenvalue weighted by Gasteiger charge is -2.24. The van der Waals surface area contributed by atoms with Gasteiger partial charge in [0.05, 0.1) is 0 Å². The normalized spacial score (nSPS) is 27.9. The monoisotopic (exact) mass is 278 g/mol. The fraction of sp³-hybridized carbons (Fsp3) is 0.667. The van der Waals surface area contributed by atoms with E-state index < -0.39 is 35.7 Å². The van der Waals surface area contributed by atoms with Crippen LogP contribution in [0.4, 0.5) is 43.9 Å². The van der Waals surface area contributed by atoms with Gasteiger partial charge >= 0.3 is 29.9 Å². The third-order valence-electron chi connectivity index (χ3n) is 1.84. The zero-order chi connectivity index (χ0) is 13.9. The summed E-state index contributed by atoms with van der Waals surface area (Å²) in [6, 6.07) is 0. The van der Waals surface area contributed by atoms with E-state index in [0.29, 0.717) is 0 Å². The Labute approximate surface area is 85.6 Å². The van der Waals surface area contributed by atoms with Crippen molar-refractivity contribution >= 4 is 0 Å². The quantitative estimate of drug-likeness (QED) is 0.567. The van der Waals surface area contributed by atoms with Gasteiger partial charge in [0.1, 0.15) is 0 Å². The average molecular weight is 278 g/mol. The third-order valence-corrected chi connectivity index (χ3v) is 1.84. The van der Waals surface area contributed by atoms with Crippen molar-refractivity contribution in [3.8, 4) is 0 Å². The van der Waals surface area contributed by atoms with E-state index in [0.717, 1.165) is 0 Å². The summed E-state index contributed by atoms with van der Waals surface area (Å²) in [6.45, 7) is 0. The summed E-state index contributed by atoms with van der Waals surface area (Å²) in [4.78, 5) is 0. The highest BCUT2D eigenvalue weighted by molar-refractivity contribution is 5.19. The van der Waals surface area contributed by atoms with Gasteiger partial charge in [-0.1, -0.05) is 0 Å². The molecule has 0 aromatic heterocycles. The zero-order valence-electron chi connectivity index (χ0n) is 7.19. The molecular weight excluding hydrogens is 278 g/mol. The largest absolute Gasteiger partial charge is 0.424 e. The molecule has 1 heterocycles. The van der Waals surface area contributed by atoms with Gasteiger partial charge in [-0.2, -0.15) is 43.9 Å². The second-order valence-corrected chi connectivity index (χ2v) is 2.94. The van der Waals surface area contributed by atoms with Gasteiger partial charge in [-0.3, -0.25) is 4.74 Å². The lowest BCUT2D eigenvalue weighted by molar-refractivity contribution is -0.263. The minimum absolute atomic E-state index is 2.41. The summed E-state index contributed by atoms with van der Waals surface area (Å²) in [5.41, 5.74) is 0. The lowest BCUT2D eigenvalue weighted by atomic mass is 10.1. The predicted molar refractivity (Wildman–Crippen MR) is 30.1 cm³/mol. The molecule has 0 saturated carbocycles. The van der Waals surface area contributed by atoms with E-state index >= 15 is 0 Å². The summed E-state index contributed by atoms with van der Waals surface area (Å²) in [6.07, 6.45) is -9.20. The van der Waals surface area contributed by atoms with Crippen molar-refractivity contribution in [3.05, 3.63) is 11.9 Å². The first-order valence-electron chi connectivity index (χ1n) is 3.55. The Balaban J connectivity index is 3.21. The maximum absolute atomic E-state index is 12.5. The fourth-order valence-corrected chi connectivity index (χ4v) is 0.856. The number of hydrogen-bond acceptors (Lipinski definition) is 1. The van der Waals surface area contributed by atoms with Crippen molar-refractivity contribution in [3.63, 3.8) is 0 Å². The molecule has 1 aliphatic heterocycles. The Morgan fingerprint density at radius 1 is 0.882 bits per heavy atom. The number of epoxide rings is 1. The van der Waals surface area contributed by atoms with Crippen LogP contribution in [-0.2, 0) is 4.74 Å². The highest BCUT2D eigenvalue weighted by Crippen LogP contribution is 2.65. The van der Waals surface area contributed by atoms with Crippen molar-refractivity contribution in [2.24, 2.45) is 0 Å². The van der Waals surface area contributed by atoms with E-state index in [4.69, 9.17) is 0 Å². The molecule has 0 aromatic rings. The second kappa shape index (κ2) is 3.27. The van der Waals surface area contributed by atoms with E-state index in [1.807, 2.05) is 0 Å².